The summed E-state index contributed by atoms with van der Waals surface area (Å²) in [6, 6.07) is 0. The Morgan fingerprint density at radius 3 is 1.11 bits per heavy atom. The highest BCUT2D eigenvalue weighted by atomic mass is 33.1. The Balaban J connectivity index is 2.45. The highest BCUT2D eigenvalue weighted by molar-refractivity contribution is 8.76. The molecule has 4 atom stereocenters. The smallest absolute Gasteiger partial charge is 0.305 e. The lowest BCUT2D eigenvalue weighted by Gasteiger charge is -2.34. The standard InChI is InChI=1S/C64H122N4O14S2/c1-7-13-43-78-60(73)30-19-15-26-58(71)50-68(51-59(72)27-16-20-31-61(74)79-44-14-8-2)36-25-34-62(75)80-45-41-65-37-39-66(40-38-65)42-47-84-83-46-24-23-35-67(48-56(69)28-17-21-32-63(76)81-52-54(9-3)10-4)49-57(70)29-18-22-33-64(77)82-53-55(11-5)12-6/h54-59,69-72H,7-53H2,1-6H3. The number of carbonyl (C=O) groups is 5. The molecule has 1 heterocycles. The Morgan fingerprint density at radius 2 is 0.726 bits per heavy atom. The number of unbranched alkanes of at least 4 members (excludes halogenated alkanes) is 7. The summed E-state index contributed by atoms with van der Waals surface area (Å²) in [5, 5.41) is 43.9. The summed E-state index contributed by atoms with van der Waals surface area (Å²) >= 11 is 0. The second-order valence-corrected chi connectivity index (χ2v) is 26.1. The topological polar surface area (TPSA) is 225 Å². The van der Waals surface area contributed by atoms with Gasteiger partial charge >= 0.3 is 29.8 Å². The summed E-state index contributed by atoms with van der Waals surface area (Å²) in [5.41, 5.74) is 0. The average Bonchev–Trinajstić information content (AvgIpc) is 3.50. The van der Waals surface area contributed by atoms with Crippen LogP contribution in [0.2, 0.25) is 0 Å². The summed E-state index contributed by atoms with van der Waals surface area (Å²) in [4.78, 5) is 70.4. The maximum atomic E-state index is 12.8. The van der Waals surface area contributed by atoms with Crippen LogP contribution in [0, 0.1) is 11.8 Å². The van der Waals surface area contributed by atoms with Gasteiger partial charge in [-0.1, -0.05) is 127 Å². The van der Waals surface area contributed by atoms with Crippen molar-refractivity contribution in [1.82, 2.24) is 19.6 Å². The maximum absolute atomic E-state index is 12.8. The molecule has 1 fully saturated rings. The van der Waals surface area contributed by atoms with Gasteiger partial charge in [-0.05, 0) is 108 Å². The van der Waals surface area contributed by atoms with Crippen LogP contribution in [0.3, 0.4) is 0 Å². The molecule has 20 heteroatoms. The second-order valence-electron chi connectivity index (χ2n) is 23.4. The zero-order valence-electron chi connectivity index (χ0n) is 53.7. The van der Waals surface area contributed by atoms with Crippen LogP contribution >= 0.6 is 21.6 Å². The minimum atomic E-state index is -0.646. The molecule has 4 N–H and O–H groups in total. The first kappa shape index (κ1) is 79.7. The van der Waals surface area contributed by atoms with Crippen LogP contribution in [0.5, 0.6) is 0 Å². The third-order valence-electron chi connectivity index (χ3n) is 15.9. The molecular weight excluding hydrogens is 1110 g/mol. The van der Waals surface area contributed by atoms with E-state index in [0.717, 1.165) is 128 Å². The molecule has 0 aromatic heterocycles. The summed E-state index contributed by atoms with van der Waals surface area (Å²) in [7, 11) is 3.79. The predicted molar refractivity (Wildman–Crippen MR) is 340 cm³/mol. The summed E-state index contributed by atoms with van der Waals surface area (Å²) in [6.45, 7) is 23.1. The van der Waals surface area contributed by atoms with Crippen molar-refractivity contribution >= 4 is 51.4 Å². The highest BCUT2D eigenvalue weighted by Crippen LogP contribution is 2.23. The Morgan fingerprint density at radius 1 is 0.393 bits per heavy atom. The van der Waals surface area contributed by atoms with Crippen LogP contribution in [-0.2, 0) is 47.7 Å². The number of ether oxygens (including phenoxy) is 5. The van der Waals surface area contributed by atoms with E-state index in [0.29, 0.717) is 180 Å². The van der Waals surface area contributed by atoms with Gasteiger partial charge in [0.05, 0.1) is 50.8 Å². The van der Waals surface area contributed by atoms with E-state index in [9.17, 15) is 44.4 Å². The zero-order chi connectivity index (χ0) is 61.8. The molecule has 0 amide bonds. The van der Waals surface area contributed by atoms with Gasteiger partial charge in [0.1, 0.15) is 6.61 Å². The summed E-state index contributed by atoms with van der Waals surface area (Å²) in [6.07, 6.45) is 16.9. The van der Waals surface area contributed by atoms with Crippen molar-refractivity contribution in [2.45, 2.75) is 246 Å². The molecule has 0 aliphatic carbocycles. The third kappa shape index (κ3) is 46.8. The first-order chi connectivity index (χ1) is 40.6. The molecule has 0 aromatic rings. The Labute approximate surface area is 517 Å². The van der Waals surface area contributed by atoms with Gasteiger partial charge in [-0.2, -0.15) is 0 Å². The van der Waals surface area contributed by atoms with Crippen molar-refractivity contribution in [1.29, 1.82) is 0 Å². The van der Waals surface area contributed by atoms with Gasteiger partial charge in [0.2, 0.25) is 0 Å². The molecular formula is C64H122N4O14S2. The number of carbonyl (C=O) groups excluding carboxylic acids is 5. The normalized spacial score (nSPS) is 14.7. The van der Waals surface area contributed by atoms with Crippen LogP contribution in [0.1, 0.15) is 221 Å². The number of rotatable bonds is 58. The largest absolute Gasteiger partial charge is 0.466 e. The van der Waals surface area contributed by atoms with Crippen LogP contribution in [0.25, 0.3) is 0 Å². The lowest BCUT2D eigenvalue weighted by atomic mass is 10.1. The Bertz CT molecular complexity index is 1530. The van der Waals surface area contributed by atoms with E-state index in [1.54, 1.807) is 0 Å². The molecule has 1 rings (SSSR count). The summed E-state index contributed by atoms with van der Waals surface area (Å²) in [5.74, 6) is 1.83. The van der Waals surface area contributed by atoms with E-state index in [1.807, 2.05) is 40.3 Å². The maximum Gasteiger partial charge on any atom is 0.305 e. The van der Waals surface area contributed by atoms with Crippen molar-refractivity contribution < 1.29 is 68.1 Å². The van der Waals surface area contributed by atoms with Gasteiger partial charge in [0.15, 0.2) is 0 Å². The first-order valence-corrected chi connectivity index (χ1v) is 35.8. The van der Waals surface area contributed by atoms with Crippen molar-refractivity contribution in [3.05, 3.63) is 0 Å². The van der Waals surface area contributed by atoms with E-state index in [1.165, 1.54) is 0 Å². The lowest BCUT2D eigenvalue weighted by Crippen LogP contribution is -2.47. The monoisotopic (exact) mass is 1230 g/mol. The fourth-order valence-electron chi connectivity index (χ4n) is 9.91. The molecule has 0 radical (unpaired) electrons. The minimum Gasteiger partial charge on any atom is -0.466 e. The third-order valence-corrected chi connectivity index (χ3v) is 18.3. The average molecular weight is 1240 g/mol. The molecule has 0 spiro atoms. The Hall–Kier alpha value is -2.27. The number of aliphatic hydroxyl groups is 4. The molecule has 0 aromatic carbocycles. The van der Waals surface area contributed by atoms with E-state index < -0.39 is 24.4 Å². The first-order valence-electron chi connectivity index (χ1n) is 33.3. The van der Waals surface area contributed by atoms with E-state index in [4.69, 9.17) is 23.7 Å². The van der Waals surface area contributed by atoms with Gasteiger partial charge in [0, 0.05) is 109 Å². The fraction of sp³-hybridized carbons (Fsp3) is 0.922. The molecule has 1 saturated heterocycles. The molecule has 1 aliphatic heterocycles. The van der Waals surface area contributed by atoms with Crippen LogP contribution in [0.4, 0.5) is 0 Å². The lowest BCUT2D eigenvalue weighted by molar-refractivity contribution is -0.146. The molecule has 18 nitrogen and oxygen atoms in total. The van der Waals surface area contributed by atoms with Crippen LogP contribution in [0.15, 0.2) is 0 Å². The SMILES string of the molecule is CCCCOC(=O)CCCCC(O)CN(CCCC(=O)OCCN1CCN(CCSSCCCCN(CC(O)CCCCC(=O)OCC(CC)CC)CC(O)CCCCC(=O)OCC(CC)CC)CC1)CC(O)CCCCC(=O)OCCCC. The van der Waals surface area contributed by atoms with Gasteiger partial charge in [-0.25, -0.2) is 0 Å². The quantitative estimate of drug-likeness (QED) is 0.0192. The number of nitrogens with zero attached hydrogens (tertiary/aromatic N) is 4. The van der Waals surface area contributed by atoms with E-state index >= 15 is 0 Å². The van der Waals surface area contributed by atoms with Crippen molar-refractivity contribution in [2.75, 3.05) is 123 Å². The number of piperazine rings is 1. The molecule has 84 heavy (non-hydrogen) atoms. The molecule has 0 saturated carbocycles. The van der Waals surface area contributed by atoms with Crippen molar-refractivity contribution in [3.8, 4) is 0 Å². The molecule has 4 unspecified atom stereocenters. The van der Waals surface area contributed by atoms with Gasteiger partial charge < -0.3 is 44.1 Å². The van der Waals surface area contributed by atoms with E-state index in [-0.39, 0.29) is 36.3 Å². The van der Waals surface area contributed by atoms with E-state index in [2.05, 4.69) is 42.4 Å². The van der Waals surface area contributed by atoms with Crippen molar-refractivity contribution in [3.63, 3.8) is 0 Å². The number of esters is 5. The second kappa shape index (κ2) is 54.8. The number of aliphatic hydroxyl groups excluding tert-OH is 4. The predicted octanol–water partition coefficient (Wildman–Crippen LogP) is 10.0. The number of hydrogen-bond acceptors (Lipinski definition) is 20. The minimum absolute atomic E-state index is 0.170. The summed E-state index contributed by atoms with van der Waals surface area (Å²) < 4.78 is 27.1. The van der Waals surface area contributed by atoms with Gasteiger partial charge in [0.25, 0.3) is 0 Å². The molecule has 0 bridgehead atoms. The Kier molecular flexibility index (Phi) is 52.1. The molecule has 1 aliphatic rings. The number of hydrogen-bond donors (Lipinski definition) is 4. The van der Waals surface area contributed by atoms with Gasteiger partial charge in [-0.3, -0.25) is 43.6 Å². The van der Waals surface area contributed by atoms with Crippen molar-refractivity contribution in [2.24, 2.45) is 11.8 Å². The molecule has 494 valence electrons. The zero-order valence-corrected chi connectivity index (χ0v) is 55.3. The fourth-order valence-corrected chi connectivity index (χ4v) is 12.1. The van der Waals surface area contributed by atoms with Crippen LogP contribution < -0.4 is 0 Å². The van der Waals surface area contributed by atoms with Crippen LogP contribution in [-0.4, -0.2) is 217 Å². The highest BCUT2D eigenvalue weighted by Gasteiger charge is 2.21. The van der Waals surface area contributed by atoms with Gasteiger partial charge in [-0.15, -0.1) is 0 Å².